The van der Waals surface area contributed by atoms with Crippen LogP contribution >= 0.6 is 0 Å². The van der Waals surface area contributed by atoms with Gasteiger partial charge in [0.25, 0.3) is 0 Å². The third-order valence-corrected chi connectivity index (χ3v) is 6.38. The highest BCUT2D eigenvalue weighted by molar-refractivity contribution is 5.78. The maximum atomic E-state index is 13.2. The van der Waals surface area contributed by atoms with Crippen molar-refractivity contribution >= 4 is 11.8 Å². The lowest BCUT2D eigenvalue weighted by atomic mass is 9.94. The van der Waals surface area contributed by atoms with Gasteiger partial charge in [0.1, 0.15) is 17.8 Å². The lowest BCUT2D eigenvalue weighted by Crippen LogP contribution is -2.26. The van der Waals surface area contributed by atoms with Gasteiger partial charge < -0.3 is 15.0 Å². The fraction of sp³-hybridized carbons (Fsp3) is 0.609. The maximum Gasteiger partial charge on any atom is 0.315 e. The number of carbonyl (C=O) groups is 1. The number of imidazole rings is 1. The predicted octanol–water partition coefficient (Wildman–Crippen LogP) is 4.57. The molecule has 29 heavy (non-hydrogen) atoms. The van der Waals surface area contributed by atoms with E-state index in [-0.39, 0.29) is 12.1 Å². The Balaban J connectivity index is 1.52. The van der Waals surface area contributed by atoms with E-state index in [0.717, 1.165) is 36.9 Å². The van der Waals surface area contributed by atoms with Crippen LogP contribution in [0.1, 0.15) is 87.4 Å². The van der Waals surface area contributed by atoms with Crippen molar-refractivity contribution < 1.29 is 9.53 Å². The number of hydrogen-bond acceptors (Lipinski definition) is 5. The highest BCUT2D eigenvalue weighted by Gasteiger charge is 2.29. The SMILES string of the molecule is Nc1ccc(CC(C(=O)OC2CCCCC2)c2cn(C3CCCCC3)cn2)cn1. The van der Waals surface area contributed by atoms with Gasteiger partial charge in [-0.25, -0.2) is 9.97 Å². The predicted molar refractivity (Wildman–Crippen MR) is 112 cm³/mol. The summed E-state index contributed by atoms with van der Waals surface area (Å²) < 4.78 is 8.13. The minimum absolute atomic E-state index is 0.0451. The molecule has 2 aromatic heterocycles. The quantitative estimate of drug-likeness (QED) is 0.723. The first-order valence-electron chi connectivity index (χ1n) is 11.1. The first kappa shape index (κ1) is 19.9. The number of nitrogens with zero attached hydrogens (tertiary/aromatic N) is 3. The molecule has 1 atom stereocenters. The van der Waals surface area contributed by atoms with Crippen LogP contribution in [0.15, 0.2) is 30.9 Å². The molecule has 2 aliphatic carbocycles. The molecule has 4 rings (SSSR count). The van der Waals surface area contributed by atoms with Crippen molar-refractivity contribution in [2.24, 2.45) is 0 Å². The zero-order valence-electron chi connectivity index (χ0n) is 17.1. The molecule has 156 valence electrons. The van der Waals surface area contributed by atoms with E-state index in [1.165, 1.54) is 38.5 Å². The molecule has 2 fully saturated rings. The Morgan fingerprint density at radius 3 is 2.48 bits per heavy atom. The van der Waals surface area contributed by atoms with Crippen molar-refractivity contribution in [3.8, 4) is 0 Å². The third-order valence-electron chi connectivity index (χ3n) is 6.38. The van der Waals surface area contributed by atoms with Crippen LogP contribution in [0.2, 0.25) is 0 Å². The first-order chi connectivity index (χ1) is 14.2. The van der Waals surface area contributed by atoms with Crippen LogP contribution in [-0.4, -0.2) is 26.6 Å². The molecule has 0 spiro atoms. The minimum atomic E-state index is -0.410. The largest absolute Gasteiger partial charge is 0.462 e. The normalized spacial score (nSPS) is 19.7. The van der Waals surface area contributed by atoms with Crippen LogP contribution < -0.4 is 5.73 Å². The summed E-state index contributed by atoms with van der Waals surface area (Å²) in [6, 6.07) is 4.21. The molecule has 0 bridgehead atoms. The van der Waals surface area contributed by atoms with Gasteiger partial charge >= 0.3 is 5.97 Å². The molecule has 1 unspecified atom stereocenters. The Hall–Kier alpha value is -2.37. The van der Waals surface area contributed by atoms with Gasteiger partial charge in [0, 0.05) is 18.4 Å². The van der Waals surface area contributed by atoms with Crippen LogP contribution in [-0.2, 0) is 16.0 Å². The van der Waals surface area contributed by atoms with E-state index in [1.54, 1.807) is 12.3 Å². The lowest BCUT2D eigenvalue weighted by molar-refractivity contribution is -0.152. The summed E-state index contributed by atoms with van der Waals surface area (Å²) in [5, 5.41) is 0. The second kappa shape index (κ2) is 9.42. The topological polar surface area (TPSA) is 83.0 Å². The van der Waals surface area contributed by atoms with Crippen molar-refractivity contribution in [1.29, 1.82) is 0 Å². The number of carbonyl (C=O) groups excluding carboxylic acids is 1. The van der Waals surface area contributed by atoms with E-state index in [1.807, 2.05) is 12.4 Å². The minimum Gasteiger partial charge on any atom is -0.462 e. The standard InChI is InChI=1S/C23H32N4O2/c24-22-12-11-17(14-25-22)13-20(23(28)29-19-9-5-2-6-10-19)21-15-27(16-26-21)18-7-3-1-4-8-18/h11-12,14-16,18-20H,1-10,13H2,(H2,24,25). The van der Waals surface area contributed by atoms with Crippen molar-refractivity contribution in [2.45, 2.75) is 88.7 Å². The number of pyridine rings is 1. The molecule has 0 amide bonds. The fourth-order valence-corrected chi connectivity index (χ4v) is 4.64. The molecule has 0 aromatic carbocycles. The van der Waals surface area contributed by atoms with E-state index < -0.39 is 5.92 Å². The van der Waals surface area contributed by atoms with Crippen LogP contribution in [0.4, 0.5) is 5.82 Å². The summed E-state index contributed by atoms with van der Waals surface area (Å²) in [6.07, 6.45) is 18.0. The molecule has 6 heteroatoms. The summed E-state index contributed by atoms with van der Waals surface area (Å²) in [6.45, 7) is 0. The monoisotopic (exact) mass is 396 g/mol. The summed E-state index contributed by atoms with van der Waals surface area (Å²) >= 11 is 0. The van der Waals surface area contributed by atoms with Crippen molar-refractivity contribution in [3.05, 3.63) is 42.1 Å². The summed E-state index contributed by atoms with van der Waals surface area (Å²) in [5.41, 5.74) is 7.49. The molecule has 2 aromatic rings. The Morgan fingerprint density at radius 2 is 1.79 bits per heavy atom. The fourth-order valence-electron chi connectivity index (χ4n) is 4.64. The van der Waals surface area contributed by atoms with Gasteiger partial charge in [-0.2, -0.15) is 0 Å². The van der Waals surface area contributed by atoms with E-state index in [0.29, 0.717) is 18.3 Å². The number of hydrogen-bond donors (Lipinski definition) is 1. The number of ether oxygens (including phenoxy) is 1. The molecule has 0 saturated heterocycles. The number of rotatable bonds is 6. The molecular formula is C23H32N4O2. The van der Waals surface area contributed by atoms with Crippen LogP contribution in [0.5, 0.6) is 0 Å². The smallest absolute Gasteiger partial charge is 0.315 e. The highest BCUT2D eigenvalue weighted by atomic mass is 16.5. The molecular weight excluding hydrogens is 364 g/mol. The lowest BCUT2D eigenvalue weighted by Gasteiger charge is -2.24. The second-order valence-corrected chi connectivity index (χ2v) is 8.58. The molecule has 2 N–H and O–H groups in total. The summed E-state index contributed by atoms with van der Waals surface area (Å²) in [7, 11) is 0. The molecule has 0 aliphatic heterocycles. The summed E-state index contributed by atoms with van der Waals surface area (Å²) in [5.74, 6) is -0.0912. The van der Waals surface area contributed by atoms with E-state index in [2.05, 4.69) is 20.7 Å². The van der Waals surface area contributed by atoms with Gasteiger partial charge in [0.2, 0.25) is 0 Å². The van der Waals surface area contributed by atoms with Crippen LogP contribution in [0, 0.1) is 0 Å². The Labute approximate surface area is 172 Å². The number of nitrogens with two attached hydrogens (primary N) is 1. The number of esters is 1. The van der Waals surface area contributed by atoms with Gasteiger partial charge in [-0.3, -0.25) is 4.79 Å². The second-order valence-electron chi connectivity index (χ2n) is 8.58. The zero-order valence-corrected chi connectivity index (χ0v) is 17.1. The van der Waals surface area contributed by atoms with Gasteiger partial charge in [-0.1, -0.05) is 31.7 Å². The molecule has 2 heterocycles. The summed E-state index contributed by atoms with van der Waals surface area (Å²) in [4.78, 5) is 22.0. The van der Waals surface area contributed by atoms with E-state index >= 15 is 0 Å². The molecule has 2 aliphatic rings. The maximum absolute atomic E-state index is 13.2. The number of nitrogen functional groups attached to an aromatic ring is 1. The van der Waals surface area contributed by atoms with Gasteiger partial charge in [0.05, 0.1) is 12.0 Å². The third kappa shape index (κ3) is 5.17. The van der Waals surface area contributed by atoms with Crippen molar-refractivity contribution in [1.82, 2.24) is 14.5 Å². The molecule has 2 saturated carbocycles. The van der Waals surface area contributed by atoms with Crippen LogP contribution in [0.25, 0.3) is 0 Å². The van der Waals surface area contributed by atoms with Crippen molar-refractivity contribution in [2.75, 3.05) is 5.73 Å². The zero-order chi connectivity index (χ0) is 20.1. The Bertz CT molecular complexity index is 789. The number of aromatic nitrogens is 3. The van der Waals surface area contributed by atoms with E-state index in [4.69, 9.17) is 10.5 Å². The highest BCUT2D eigenvalue weighted by Crippen LogP contribution is 2.30. The molecule has 6 nitrogen and oxygen atoms in total. The van der Waals surface area contributed by atoms with E-state index in [9.17, 15) is 4.79 Å². The van der Waals surface area contributed by atoms with Gasteiger partial charge in [-0.15, -0.1) is 0 Å². The van der Waals surface area contributed by atoms with Crippen LogP contribution in [0.3, 0.4) is 0 Å². The average molecular weight is 397 g/mol. The first-order valence-corrected chi connectivity index (χ1v) is 11.1. The Kier molecular flexibility index (Phi) is 6.47. The van der Waals surface area contributed by atoms with Crippen molar-refractivity contribution in [3.63, 3.8) is 0 Å². The number of anilines is 1. The Morgan fingerprint density at radius 1 is 1.07 bits per heavy atom. The van der Waals surface area contributed by atoms with Gasteiger partial charge in [0.15, 0.2) is 0 Å². The van der Waals surface area contributed by atoms with Gasteiger partial charge in [-0.05, 0) is 56.6 Å². The molecule has 0 radical (unpaired) electrons. The average Bonchev–Trinajstić information content (AvgIpc) is 3.24.